The van der Waals surface area contributed by atoms with Crippen molar-refractivity contribution in [2.45, 2.75) is 11.6 Å². The molecule has 2 saturated heterocycles. The van der Waals surface area contributed by atoms with Crippen molar-refractivity contribution in [3.63, 3.8) is 0 Å². The van der Waals surface area contributed by atoms with E-state index in [-0.39, 0.29) is 5.92 Å². The number of hydrogen-bond acceptors (Lipinski definition) is 8. The van der Waals surface area contributed by atoms with Crippen LogP contribution in [0.5, 0.6) is 11.6 Å². The average Bonchev–Trinajstić information content (AvgIpc) is 3.34. The number of aromatic nitrogens is 1. The van der Waals surface area contributed by atoms with Crippen molar-refractivity contribution in [1.82, 2.24) is 20.1 Å². The van der Waals surface area contributed by atoms with Crippen LogP contribution in [-0.4, -0.2) is 93.6 Å². The summed E-state index contributed by atoms with van der Waals surface area (Å²) in [6.45, 7) is 10.3. The smallest absolute Gasteiger partial charge is 0.219 e. The molecule has 1 N–H and O–H groups in total. The molecule has 1 aromatic heterocycles. The number of morpholine rings is 2. The van der Waals surface area contributed by atoms with Crippen molar-refractivity contribution >= 4 is 0 Å². The monoisotopic (exact) mass is 530 g/mol. The molecule has 3 aliphatic rings. The highest BCUT2D eigenvalue weighted by molar-refractivity contribution is 5.49. The van der Waals surface area contributed by atoms with Gasteiger partial charge in [0.05, 0.1) is 32.3 Å². The minimum atomic E-state index is -0.795. The zero-order valence-corrected chi connectivity index (χ0v) is 22.5. The molecule has 0 radical (unpaired) electrons. The molecular weight excluding hydrogens is 492 g/mol. The zero-order chi connectivity index (χ0) is 26.3. The second-order valence-electron chi connectivity index (χ2n) is 10.3. The molecule has 206 valence electrons. The Hall–Kier alpha value is -3.01. The summed E-state index contributed by atoms with van der Waals surface area (Å²) in [6.07, 6.45) is 1.80. The van der Waals surface area contributed by atoms with Gasteiger partial charge >= 0.3 is 0 Å². The van der Waals surface area contributed by atoms with Crippen molar-refractivity contribution in [2.24, 2.45) is 0 Å². The standard InChI is InChI=1S/C31H38N4O4/c1-2-5-25(6-3-1)29-28-7-4-12-32-30(28)39-31(29,33-13-14-34-15-20-36-21-16-34)26-8-10-27(11-9-26)38-24-19-35-17-22-37-23-18-35/h1-12,29,33H,13-24H2. The summed E-state index contributed by atoms with van der Waals surface area (Å²) >= 11 is 0. The fourth-order valence-corrected chi connectivity index (χ4v) is 5.80. The van der Waals surface area contributed by atoms with Crippen LogP contribution in [0.25, 0.3) is 0 Å². The molecule has 0 aliphatic carbocycles. The number of rotatable bonds is 10. The number of nitrogens with one attached hydrogen (secondary N) is 1. The van der Waals surface area contributed by atoms with Crippen molar-refractivity contribution in [2.75, 3.05) is 78.8 Å². The van der Waals surface area contributed by atoms with E-state index < -0.39 is 5.72 Å². The van der Waals surface area contributed by atoms with Crippen LogP contribution in [0.4, 0.5) is 0 Å². The largest absolute Gasteiger partial charge is 0.492 e. The normalized spacial score (nSPS) is 23.7. The summed E-state index contributed by atoms with van der Waals surface area (Å²) in [4.78, 5) is 9.45. The van der Waals surface area contributed by atoms with Crippen LogP contribution >= 0.6 is 0 Å². The van der Waals surface area contributed by atoms with Crippen LogP contribution in [-0.2, 0) is 15.2 Å². The lowest BCUT2D eigenvalue weighted by atomic mass is 9.80. The molecule has 2 aromatic carbocycles. The summed E-state index contributed by atoms with van der Waals surface area (Å²) in [5, 5.41) is 3.86. The summed E-state index contributed by atoms with van der Waals surface area (Å²) < 4.78 is 23.9. The number of ether oxygens (including phenoxy) is 4. The van der Waals surface area contributed by atoms with Gasteiger partial charge in [0.25, 0.3) is 0 Å². The first kappa shape index (κ1) is 26.2. The highest BCUT2D eigenvalue weighted by Crippen LogP contribution is 2.51. The summed E-state index contributed by atoms with van der Waals surface area (Å²) in [7, 11) is 0. The van der Waals surface area contributed by atoms with E-state index in [9.17, 15) is 0 Å². The molecule has 6 rings (SSSR count). The first-order chi connectivity index (χ1) is 19.3. The molecule has 2 unspecified atom stereocenters. The van der Waals surface area contributed by atoms with E-state index in [0.29, 0.717) is 12.5 Å². The molecular formula is C31H38N4O4. The Morgan fingerprint density at radius 3 is 2.23 bits per heavy atom. The Labute approximate surface area is 230 Å². The van der Waals surface area contributed by atoms with Gasteiger partial charge in [-0.1, -0.05) is 36.4 Å². The minimum Gasteiger partial charge on any atom is -0.492 e. The molecule has 0 amide bonds. The Morgan fingerprint density at radius 2 is 1.51 bits per heavy atom. The zero-order valence-electron chi connectivity index (χ0n) is 22.5. The van der Waals surface area contributed by atoms with Gasteiger partial charge in [-0.25, -0.2) is 4.98 Å². The number of benzene rings is 2. The van der Waals surface area contributed by atoms with E-state index in [4.69, 9.17) is 18.9 Å². The molecule has 2 atom stereocenters. The molecule has 8 heteroatoms. The summed E-state index contributed by atoms with van der Waals surface area (Å²) in [6, 6.07) is 23.1. The predicted octanol–water partition coefficient (Wildman–Crippen LogP) is 3.09. The Kier molecular flexibility index (Phi) is 8.37. The molecule has 3 aromatic rings. The van der Waals surface area contributed by atoms with Gasteiger partial charge < -0.3 is 18.9 Å². The Bertz CT molecular complexity index is 1180. The van der Waals surface area contributed by atoms with E-state index in [1.54, 1.807) is 6.20 Å². The van der Waals surface area contributed by atoms with Gasteiger partial charge in [0.2, 0.25) is 5.88 Å². The van der Waals surface area contributed by atoms with Crippen LogP contribution in [0.2, 0.25) is 0 Å². The molecule has 8 nitrogen and oxygen atoms in total. The van der Waals surface area contributed by atoms with Crippen LogP contribution in [0.1, 0.15) is 22.6 Å². The number of hydrogen-bond donors (Lipinski definition) is 1. The summed E-state index contributed by atoms with van der Waals surface area (Å²) in [5.74, 6) is 1.48. The van der Waals surface area contributed by atoms with Gasteiger partial charge in [-0.15, -0.1) is 0 Å². The van der Waals surface area contributed by atoms with Crippen molar-refractivity contribution in [3.8, 4) is 11.6 Å². The van der Waals surface area contributed by atoms with Gasteiger partial charge in [-0.05, 0) is 35.9 Å². The van der Waals surface area contributed by atoms with Gasteiger partial charge in [-0.3, -0.25) is 15.1 Å². The van der Waals surface area contributed by atoms with Crippen molar-refractivity contribution in [3.05, 3.63) is 89.6 Å². The fourth-order valence-electron chi connectivity index (χ4n) is 5.80. The number of pyridine rings is 1. The van der Waals surface area contributed by atoms with Gasteiger partial charge in [0, 0.05) is 63.1 Å². The maximum absolute atomic E-state index is 6.81. The van der Waals surface area contributed by atoms with Crippen LogP contribution in [0.3, 0.4) is 0 Å². The second kappa shape index (κ2) is 12.4. The van der Waals surface area contributed by atoms with E-state index in [2.05, 4.69) is 80.8 Å². The third-order valence-electron chi connectivity index (χ3n) is 7.89. The van der Waals surface area contributed by atoms with Crippen LogP contribution < -0.4 is 14.8 Å². The maximum atomic E-state index is 6.81. The lowest BCUT2D eigenvalue weighted by Crippen LogP contribution is -2.52. The third-order valence-corrected chi connectivity index (χ3v) is 7.89. The first-order valence-electron chi connectivity index (χ1n) is 14.1. The van der Waals surface area contributed by atoms with Gasteiger partial charge in [0.1, 0.15) is 12.4 Å². The first-order valence-corrected chi connectivity index (χ1v) is 14.1. The number of nitrogens with zero attached hydrogens (tertiary/aromatic N) is 3. The topological polar surface area (TPSA) is 68.3 Å². The molecule has 0 saturated carbocycles. The quantitative estimate of drug-likeness (QED) is 0.429. The molecule has 3 aliphatic heterocycles. The SMILES string of the molecule is c1ccc(C2c3cccnc3OC2(NCCN2CCOCC2)c2ccc(OCCN3CCOCC3)cc2)cc1. The molecule has 2 fully saturated rings. The van der Waals surface area contributed by atoms with Gasteiger partial charge in [0.15, 0.2) is 5.72 Å². The Balaban J connectivity index is 1.25. The predicted molar refractivity (Wildman–Crippen MR) is 149 cm³/mol. The van der Waals surface area contributed by atoms with E-state index >= 15 is 0 Å². The maximum Gasteiger partial charge on any atom is 0.219 e. The second-order valence-corrected chi connectivity index (χ2v) is 10.3. The van der Waals surface area contributed by atoms with E-state index in [1.807, 2.05) is 6.07 Å². The van der Waals surface area contributed by atoms with Crippen molar-refractivity contribution in [1.29, 1.82) is 0 Å². The average molecular weight is 531 g/mol. The lowest BCUT2D eigenvalue weighted by molar-refractivity contribution is 0.0170. The van der Waals surface area contributed by atoms with Gasteiger partial charge in [-0.2, -0.15) is 0 Å². The van der Waals surface area contributed by atoms with Crippen LogP contribution in [0.15, 0.2) is 72.9 Å². The van der Waals surface area contributed by atoms with E-state index in [0.717, 1.165) is 89.1 Å². The minimum absolute atomic E-state index is 0.0554. The molecule has 0 spiro atoms. The summed E-state index contributed by atoms with van der Waals surface area (Å²) in [5.41, 5.74) is 2.54. The highest BCUT2D eigenvalue weighted by Gasteiger charge is 2.51. The van der Waals surface area contributed by atoms with E-state index in [1.165, 1.54) is 5.56 Å². The molecule has 0 bridgehead atoms. The number of fused-ring (bicyclic) bond motifs is 1. The highest BCUT2D eigenvalue weighted by atomic mass is 16.5. The van der Waals surface area contributed by atoms with Crippen LogP contribution in [0, 0.1) is 0 Å². The molecule has 39 heavy (non-hydrogen) atoms. The fraction of sp³-hybridized carbons (Fsp3) is 0.452. The third kappa shape index (κ3) is 5.95. The Morgan fingerprint density at radius 1 is 0.821 bits per heavy atom. The molecule has 4 heterocycles. The van der Waals surface area contributed by atoms with Crippen molar-refractivity contribution < 1.29 is 18.9 Å². The lowest BCUT2D eigenvalue weighted by Gasteiger charge is -2.37.